The third-order valence-electron chi connectivity index (χ3n) is 3.93. The summed E-state index contributed by atoms with van der Waals surface area (Å²) in [5.74, 6) is 0.668. The van der Waals surface area contributed by atoms with Gasteiger partial charge >= 0.3 is 0 Å². The SMILES string of the molecule is O=S(=O)(Nc1ccc(Nc2cc(-n3cccn3)ncn2)cc1)c1ccc(F)cc1. The monoisotopic (exact) mass is 410 g/mol. The van der Waals surface area contributed by atoms with E-state index in [0.717, 1.165) is 12.1 Å². The predicted molar refractivity (Wildman–Crippen MR) is 106 cm³/mol. The van der Waals surface area contributed by atoms with Crippen molar-refractivity contribution in [1.29, 1.82) is 0 Å². The van der Waals surface area contributed by atoms with E-state index in [0.29, 0.717) is 23.0 Å². The van der Waals surface area contributed by atoms with Crippen LogP contribution in [0.25, 0.3) is 5.82 Å². The summed E-state index contributed by atoms with van der Waals surface area (Å²) < 4.78 is 41.8. The third kappa shape index (κ3) is 4.38. The summed E-state index contributed by atoms with van der Waals surface area (Å²) in [6.07, 6.45) is 4.85. The van der Waals surface area contributed by atoms with Crippen LogP contribution in [-0.2, 0) is 10.0 Å². The van der Waals surface area contributed by atoms with Crippen molar-refractivity contribution in [2.75, 3.05) is 10.0 Å². The van der Waals surface area contributed by atoms with Gasteiger partial charge in [0.25, 0.3) is 10.0 Å². The third-order valence-corrected chi connectivity index (χ3v) is 5.32. The summed E-state index contributed by atoms with van der Waals surface area (Å²) in [4.78, 5) is 8.31. The second-order valence-corrected chi connectivity index (χ2v) is 7.66. The van der Waals surface area contributed by atoms with E-state index in [1.54, 1.807) is 53.5 Å². The number of benzene rings is 2. The Balaban J connectivity index is 1.47. The van der Waals surface area contributed by atoms with Gasteiger partial charge in [-0.3, -0.25) is 4.72 Å². The smallest absolute Gasteiger partial charge is 0.261 e. The Morgan fingerprint density at radius 3 is 2.34 bits per heavy atom. The molecule has 0 amide bonds. The topological polar surface area (TPSA) is 102 Å². The van der Waals surface area contributed by atoms with Crippen LogP contribution in [0.2, 0.25) is 0 Å². The first-order chi connectivity index (χ1) is 14.0. The van der Waals surface area contributed by atoms with E-state index in [-0.39, 0.29) is 4.90 Å². The highest BCUT2D eigenvalue weighted by molar-refractivity contribution is 7.92. The Morgan fingerprint density at radius 2 is 1.66 bits per heavy atom. The summed E-state index contributed by atoms with van der Waals surface area (Å²) in [5, 5.41) is 7.25. The Bertz CT molecular complexity index is 1210. The molecular formula is C19H15FN6O2S. The summed E-state index contributed by atoms with van der Waals surface area (Å²) >= 11 is 0. The van der Waals surface area contributed by atoms with Gasteiger partial charge in [-0.05, 0) is 54.6 Å². The minimum Gasteiger partial charge on any atom is -0.340 e. The molecular weight excluding hydrogens is 395 g/mol. The molecule has 0 atom stereocenters. The molecule has 0 radical (unpaired) electrons. The Morgan fingerprint density at radius 1 is 0.931 bits per heavy atom. The lowest BCUT2D eigenvalue weighted by molar-refractivity contribution is 0.599. The number of rotatable bonds is 6. The molecule has 0 aliphatic heterocycles. The molecule has 0 unspecified atom stereocenters. The lowest BCUT2D eigenvalue weighted by Gasteiger charge is -2.10. The predicted octanol–water partition coefficient (Wildman–Crippen LogP) is 3.35. The van der Waals surface area contributed by atoms with Crippen molar-refractivity contribution in [2.45, 2.75) is 4.90 Å². The van der Waals surface area contributed by atoms with Crippen molar-refractivity contribution >= 4 is 27.2 Å². The van der Waals surface area contributed by atoms with Gasteiger partial charge in [0, 0.05) is 29.8 Å². The van der Waals surface area contributed by atoms with Crippen LogP contribution >= 0.6 is 0 Å². The Hall–Kier alpha value is -3.79. The zero-order chi connectivity index (χ0) is 20.3. The van der Waals surface area contributed by atoms with Gasteiger partial charge in [-0.15, -0.1) is 0 Å². The molecule has 0 bridgehead atoms. The largest absolute Gasteiger partial charge is 0.340 e. The number of halogens is 1. The number of nitrogens with one attached hydrogen (secondary N) is 2. The standard InChI is InChI=1S/C19H15FN6O2S/c20-14-2-8-17(9-3-14)29(27,28)25-16-6-4-15(5-7-16)24-18-12-19(22-13-21-18)26-11-1-10-23-26/h1-13,25H,(H,21,22,24). The van der Waals surface area contributed by atoms with Gasteiger partial charge in [0.15, 0.2) is 5.82 Å². The van der Waals surface area contributed by atoms with Crippen molar-refractivity contribution < 1.29 is 12.8 Å². The molecule has 0 saturated carbocycles. The number of aromatic nitrogens is 4. The fraction of sp³-hybridized carbons (Fsp3) is 0. The van der Waals surface area contributed by atoms with Crippen LogP contribution in [0.5, 0.6) is 0 Å². The van der Waals surface area contributed by atoms with Crippen LogP contribution in [0.4, 0.5) is 21.6 Å². The molecule has 4 aromatic rings. The maximum Gasteiger partial charge on any atom is 0.261 e. The lowest BCUT2D eigenvalue weighted by atomic mass is 10.3. The minimum atomic E-state index is -3.80. The first-order valence-electron chi connectivity index (χ1n) is 8.47. The summed E-state index contributed by atoms with van der Waals surface area (Å²) in [6.45, 7) is 0. The summed E-state index contributed by atoms with van der Waals surface area (Å²) in [6, 6.07) is 14.8. The van der Waals surface area contributed by atoms with Gasteiger partial charge in [-0.2, -0.15) is 5.10 Å². The van der Waals surface area contributed by atoms with Gasteiger partial charge in [-0.1, -0.05) is 0 Å². The van der Waals surface area contributed by atoms with E-state index in [2.05, 4.69) is 25.1 Å². The molecule has 2 heterocycles. The van der Waals surface area contributed by atoms with Crippen molar-refractivity contribution in [3.05, 3.63) is 85.2 Å². The van der Waals surface area contributed by atoms with Crippen LogP contribution in [0.3, 0.4) is 0 Å². The molecule has 2 N–H and O–H groups in total. The van der Waals surface area contributed by atoms with Crippen molar-refractivity contribution in [2.24, 2.45) is 0 Å². The van der Waals surface area contributed by atoms with Crippen LogP contribution in [0, 0.1) is 5.82 Å². The normalized spacial score (nSPS) is 11.2. The second-order valence-electron chi connectivity index (χ2n) is 5.97. The fourth-order valence-electron chi connectivity index (χ4n) is 2.54. The Kier molecular flexibility index (Phi) is 4.92. The maximum atomic E-state index is 13.0. The van der Waals surface area contributed by atoms with Gasteiger partial charge < -0.3 is 5.32 Å². The van der Waals surface area contributed by atoms with Crippen molar-refractivity contribution in [3.63, 3.8) is 0 Å². The van der Waals surface area contributed by atoms with E-state index in [1.165, 1.54) is 18.5 Å². The van der Waals surface area contributed by atoms with Crippen molar-refractivity contribution in [1.82, 2.24) is 19.7 Å². The van der Waals surface area contributed by atoms with E-state index >= 15 is 0 Å². The van der Waals surface area contributed by atoms with Crippen LogP contribution < -0.4 is 10.0 Å². The molecule has 0 spiro atoms. The average Bonchev–Trinajstić information content (AvgIpc) is 3.25. The maximum absolute atomic E-state index is 13.0. The minimum absolute atomic E-state index is 0.0202. The van der Waals surface area contributed by atoms with Crippen LogP contribution in [-0.4, -0.2) is 28.2 Å². The first kappa shape index (κ1) is 18.6. The molecule has 146 valence electrons. The molecule has 0 aliphatic rings. The number of hydrogen-bond donors (Lipinski definition) is 2. The highest BCUT2D eigenvalue weighted by Crippen LogP contribution is 2.21. The van der Waals surface area contributed by atoms with E-state index < -0.39 is 15.8 Å². The molecule has 4 rings (SSSR count). The number of sulfonamides is 1. The quantitative estimate of drug-likeness (QED) is 0.505. The van der Waals surface area contributed by atoms with Crippen molar-refractivity contribution in [3.8, 4) is 5.82 Å². The number of nitrogens with zero attached hydrogens (tertiary/aromatic N) is 4. The fourth-order valence-corrected chi connectivity index (χ4v) is 3.60. The molecule has 29 heavy (non-hydrogen) atoms. The highest BCUT2D eigenvalue weighted by Gasteiger charge is 2.14. The number of anilines is 3. The highest BCUT2D eigenvalue weighted by atomic mass is 32.2. The van der Waals surface area contributed by atoms with E-state index in [1.807, 2.05) is 0 Å². The molecule has 0 aliphatic carbocycles. The van der Waals surface area contributed by atoms with E-state index in [9.17, 15) is 12.8 Å². The van der Waals surface area contributed by atoms with Gasteiger partial charge in [0.05, 0.1) is 4.90 Å². The van der Waals surface area contributed by atoms with Crippen LogP contribution in [0.15, 0.2) is 84.3 Å². The molecule has 0 saturated heterocycles. The second kappa shape index (κ2) is 7.68. The number of hydrogen-bond acceptors (Lipinski definition) is 6. The lowest BCUT2D eigenvalue weighted by Crippen LogP contribution is -2.12. The van der Waals surface area contributed by atoms with Crippen LogP contribution in [0.1, 0.15) is 0 Å². The summed E-state index contributed by atoms with van der Waals surface area (Å²) in [5.41, 5.74) is 1.08. The van der Waals surface area contributed by atoms with E-state index in [4.69, 9.17) is 0 Å². The zero-order valence-corrected chi connectivity index (χ0v) is 15.7. The van der Waals surface area contributed by atoms with Gasteiger partial charge in [-0.25, -0.2) is 27.5 Å². The van der Waals surface area contributed by atoms with Gasteiger partial charge in [0.1, 0.15) is 18.0 Å². The first-order valence-corrected chi connectivity index (χ1v) is 9.95. The average molecular weight is 410 g/mol. The summed E-state index contributed by atoms with van der Waals surface area (Å²) in [7, 11) is -3.80. The zero-order valence-electron chi connectivity index (χ0n) is 14.9. The molecule has 2 aromatic carbocycles. The molecule has 8 nitrogen and oxygen atoms in total. The molecule has 10 heteroatoms. The molecule has 2 aromatic heterocycles. The Labute approximate surface area is 166 Å². The van der Waals surface area contributed by atoms with Gasteiger partial charge in [0.2, 0.25) is 0 Å². The molecule has 0 fully saturated rings.